The molecule has 36 heavy (non-hydrogen) atoms. The highest BCUT2D eigenvalue weighted by Crippen LogP contribution is 2.45. The van der Waals surface area contributed by atoms with E-state index in [9.17, 15) is 23.1 Å². The largest absolute Gasteiger partial charge is 0.416 e. The molecule has 1 aliphatic carbocycles. The van der Waals surface area contributed by atoms with Gasteiger partial charge >= 0.3 is 6.18 Å². The molecule has 0 unspecified atom stereocenters. The molecule has 5 rings (SSSR count). The average Bonchev–Trinajstić information content (AvgIpc) is 3.70. The molecule has 0 radical (unpaired) electrons. The van der Waals surface area contributed by atoms with Gasteiger partial charge in [-0.1, -0.05) is 12.1 Å². The lowest BCUT2D eigenvalue weighted by Gasteiger charge is -2.38. The number of aliphatic hydroxyl groups is 1. The Morgan fingerprint density at radius 3 is 2.44 bits per heavy atom. The number of aryl methyl sites for hydroxylation is 1. The monoisotopic (exact) mass is 496 g/mol. The summed E-state index contributed by atoms with van der Waals surface area (Å²) >= 11 is 0. The van der Waals surface area contributed by atoms with Crippen molar-refractivity contribution in [3.63, 3.8) is 0 Å². The third-order valence-electron chi connectivity index (χ3n) is 7.06. The van der Waals surface area contributed by atoms with E-state index in [1.54, 1.807) is 12.1 Å². The number of piperidine rings is 1. The van der Waals surface area contributed by atoms with Crippen LogP contribution in [0.5, 0.6) is 0 Å². The Kier molecular flexibility index (Phi) is 6.20. The zero-order valence-electron chi connectivity index (χ0n) is 19.8. The first-order chi connectivity index (χ1) is 17.1. The van der Waals surface area contributed by atoms with Crippen molar-refractivity contribution >= 4 is 34.5 Å². The molecule has 0 atom stereocenters. The Morgan fingerprint density at radius 2 is 1.81 bits per heavy atom. The third kappa shape index (κ3) is 5.21. The van der Waals surface area contributed by atoms with Crippen molar-refractivity contribution in [1.29, 1.82) is 0 Å². The second kappa shape index (κ2) is 9.20. The first-order valence-corrected chi connectivity index (χ1v) is 12.0. The van der Waals surface area contributed by atoms with Crippen molar-refractivity contribution in [3.8, 4) is 0 Å². The molecule has 1 aliphatic heterocycles. The van der Waals surface area contributed by atoms with E-state index in [0.717, 1.165) is 67.5 Å². The quantitative estimate of drug-likeness (QED) is 0.466. The summed E-state index contributed by atoms with van der Waals surface area (Å²) in [5, 5.41) is 14.4. The number of amides is 1. The fraction of sp³-hybridized carbons (Fsp3) is 0.370. The molecule has 188 valence electrons. The van der Waals surface area contributed by atoms with Crippen LogP contribution in [0.15, 0.2) is 48.5 Å². The molecule has 1 saturated heterocycles. The van der Waals surface area contributed by atoms with Crippen LogP contribution in [0.25, 0.3) is 17.0 Å². The number of nitrogens with one attached hydrogen (secondary N) is 1. The van der Waals surface area contributed by atoms with E-state index in [4.69, 9.17) is 4.98 Å². The Morgan fingerprint density at radius 1 is 1.11 bits per heavy atom. The number of alkyl halides is 3. The maximum atomic E-state index is 12.7. The van der Waals surface area contributed by atoms with Gasteiger partial charge in [0.05, 0.1) is 22.4 Å². The normalized spacial score (nSPS) is 18.1. The van der Waals surface area contributed by atoms with Gasteiger partial charge in [-0.2, -0.15) is 13.2 Å². The molecule has 1 amide bonds. The Bertz CT molecular complexity index is 1310. The number of halogens is 3. The minimum absolute atomic E-state index is 0.402. The summed E-state index contributed by atoms with van der Waals surface area (Å²) in [6.07, 6.45) is 2.02. The number of hydrogen-bond donors (Lipinski definition) is 2. The minimum Gasteiger partial charge on any atom is -0.389 e. The van der Waals surface area contributed by atoms with Gasteiger partial charge in [0.2, 0.25) is 11.9 Å². The predicted molar refractivity (Wildman–Crippen MR) is 133 cm³/mol. The van der Waals surface area contributed by atoms with Crippen molar-refractivity contribution in [2.75, 3.05) is 23.3 Å². The zero-order valence-corrected chi connectivity index (χ0v) is 19.8. The minimum atomic E-state index is -4.40. The standard InChI is InChI=1S/C27H27F3N4O2/c1-17-22-16-21(32-24(35)11-4-18-2-5-20(6-3-18)27(28,29)30)9-10-23(22)33-25(31-17)34-14-12-26(36,13-15-34)19-7-8-19/h2-6,9-11,16,19,36H,7-8,12-15H2,1H3,(H,32,35)/b11-4+. The molecule has 9 heteroatoms. The molecule has 2 aromatic carbocycles. The van der Waals surface area contributed by atoms with Gasteiger partial charge in [0.25, 0.3) is 0 Å². The van der Waals surface area contributed by atoms with E-state index in [1.807, 2.05) is 13.0 Å². The van der Waals surface area contributed by atoms with Crippen LogP contribution in [-0.4, -0.2) is 39.7 Å². The van der Waals surface area contributed by atoms with Gasteiger partial charge in [0, 0.05) is 30.2 Å². The highest BCUT2D eigenvalue weighted by molar-refractivity contribution is 6.03. The molecule has 3 aromatic rings. The summed E-state index contributed by atoms with van der Waals surface area (Å²) in [5.74, 6) is 0.687. The second-order valence-corrected chi connectivity index (χ2v) is 9.65. The van der Waals surface area contributed by atoms with Gasteiger partial charge in [0.1, 0.15) is 0 Å². The number of carbonyl (C=O) groups excluding carboxylic acids is 1. The SMILES string of the molecule is Cc1nc(N2CCC(O)(C3CC3)CC2)nc2ccc(NC(=O)/C=C/c3ccc(C(F)(F)F)cc3)cc12. The van der Waals surface area contributed by atoms with Crippen molar-refractivity contribution in [1.82, 2.24) is 9.97 Å². The van der Waals surface area contributed by atoms with E-state index < -0.39 is 23.2 Å². The van der Waals surface area contributed by atoms with Crippen molar-refractivity contribution in [2.45, 2.75) is 44.4 Å². The van der Waals surface area contributed by atoms with Gasteiger partial charge in [-0.25, -0.2) is 9.97 Å². The van der Waals surface area contributed by atoms with Crippen LogP contribution in [0.3, 0.4) is 0 Å². The smallest absolute Gasteiger partial charge is 0.389 e. The first kappa shape index (κ1) is 24.2. The molecule has 2 heterocycles. The molecule has 6 nitrogen and oxygen atoms in total. The van der Waals surface area contributed by atoms with Gasteiger partial charge in [-0.15, -0.1) is 0 Å². The van der Waals surface area contributed by atoms with Gasteiger partial charge < -0.3 is 15.3 Å². The summed E-state index contributed by atoms with van der Waals surface area (Å²) < 4.78 is 38.1. The lowest BCUT2D eigenvalue weighted by atomic mass is 9.87. The predicted octanol–water partition coefficient (Wildman–Crippen LogP) is 5.35. The number of anilines is 2. The molecular formula is C27H27F3N4O2. The van der Waals surface area contributed by atoms with Gasteiger partial charge in [0.15, 0.2) is 0 Å². The molecule has 2 fully saturated rings. The van der Waals surface area contributed by atoms with Crippen LogP contribution in [0.4, 0.5) is 24.8 Å². The van der Waals surface area contributed by atoms with Crippen molar-refractivity contribution < 1.29 is 23.1 Å². The maximum Gasteiger partial charge on any atom is 0.416 e. The summed E-state index contributed by atoms with van der Waals surface area (Å²) in [5.41, 5.74) is 1.32. The number of rotatable bonds is 5. The van der Waals surface area contributed by atoms with E-state index in [-0.39, 0.29) is 0 Å². The number of hydrogen-bond acceptors (Lipinski definition) is 5. The maximum absolute atomic E-state index is 12.7. The number of aromatic nitrogens is 2. The molecule has 1 saturated carbocycles. The van der Waals surface area contributed by atoms with Crippen LogP contribution < -0.4 is 10.2 Å². The van der Waals surface area contributed by atoms with E-state index >= 15 is 0 Å². The Balaban J connectivity index is 1.25. The third-order valence-corrected chi connectivity index (χ3v) is 7.06. The number of carbonyl (C=O) groups is 1. The molecule has 0 spiro atoms. The number of benzene rings is 2. The first-order valence-electron chi connectivity index (χ1n) is 12.0. The van der Waals surface area contributed by atoms with Crippen LogP contribution >= 0.6 is 0 Å². The second-order valence-electron chi connectivity index (χ2n) is 9.65. The fourth-order valence-electron chi connectivity index (χ4n) is 4.75. The van der Waals surface area contributed by atoms with Crippen LogP contribution in [-0.2, 0) is 11.0 Å². The number of fused-ring (bicyclic) bond motifs is 1. The summed E-state index contributed by atoms with van der Waals surface area (Å²) in [7, 11) is 0. The van der Waals surface area contributed by atoms with E-state index in [2.05, 4.69) is 15.2 Å². The molecule has 2 N–H and O–H groups in total. The molecule has 0 bridgehead atoms. The Hall–Kier alpha value is -3.46. The van der Waals surface area contributed by atoms with Crippen molar-refractivity contribution in [3.05, 3.63) is 65.4 Å². The molecular weight excluding hydrogens is 469 g/mol. The molecule has 2 aliphatic rings. The van der Waals surface area contributed by atoms with E-state index in [1.165, 1.54) is 24.3 Å². The van der Waals surface area contributed by atoms with Gasteiger partial charge in [-0.05, 0) is 80.5 Å². The lowest BCUT2D eigenvalue weighted by Crippen LogP contribution is -2.46. The zero-order chi connectivity index (χ0) is 25.5. The highest BCUT2D eigenvalue weighted by atomic mass is 19.4. The summed E-state index contributed by atoms with van der Waals surface area (Å²) in [6.45, 7) is 3.34. The summed E-state index contributed by atoms with van der Waals surface area (Å²) in [4.78, 5) is 23.9. The lowest BCUT2D eigenvalue weighted by molar-refractivity contribution is -0.137. The Labute approximate surface area is 206 Å². The number of nitrogens with zero attached hydrogens (tertiary/aromatic N) is 3. The highest BCUT2D eigenvalue weighted by Gasteiger charge is 2.45. The topological polar surface area (TPSA) is 78.3 Å². The molecule has 1 aromatic heterocycles. The summed E-state index contributed by atoms with van der Waals surface area (Å²) in [6, 6.07) is 9.98. The van der Waals surface area contributed by atoms with Crippen LogP contribution in [0.1, 0.15) is 42.5 Å². The average molecular weight is 497 g/mol. The van der Waals surface area contributed by atoms with Crippen molar-refractivity contribution in [2.24, 2.45) is 5.92 Å². The van der Waals surface area contributed by atoms with Crippen LogP contribution in [0.2, 0.25) is 0 Å². The van der Waals surface area contributed by atoms with Crippen LogP contribution in [0, 0.1) is 12.8 Å². The van der Waals surface area contributed by atoms with E-state index in [0.29, 0.717) is 23.1 Å². The van der Waals surface area contributed by atoms with Gasteiger partial charge in [-0.3, -0.25) is 4.79 Å². The fourth-order valence-corrected chi connectivity index (χ4v) is 4.75.